The van der Waals surface area contributed by atoms with Crippen molar-refractivity contribution in [3.63, 3.8) is 0 Å². The van der Waals surface area contributed by atoms with Crippen LogP contribution in [-0.2, 0) is 15.4 Å². The molecular formula is C16H16N4O3S. The van der Waals surface area contributed by atoms with E-state index in [0.29, 0.717) is 22.5 Å². The zero-order valence-electron chi connectivity index (χ0n) is 13.3. The number of nitrogens with zero attached hydrogens (tertiary/aromatic N) is 3. The average Bonchev–Trinajstić information content (AvgIpc) is 3.19. The van der Waals surface area contributed by atoms with Crippen molar-refractivity contribution in [1.29, 1.82) is 0 Å². The van der Waals surface area contributed by atoms with Gasteiger partial charge in [0.1, 0.15) is 12.0 Å². The highest BCUT2D eigenvalue weighted by atomic mass is 32.2. The Morgan fingerprint density at radius 3 is 2.83 bits per heavy atom. The van der Waals surface area contributed by atoms with Crippen LogP contribution < -0.4 is 4.72 Å². The molecule has 0 bridgehead atoms. The minimum Gasteiger partial charge on any atom is -0.424 e. The minimum atomic E-state index is -3.79. The summed E-state index contributed by atoms with van der Waals surface area (Å²) in [4.78, 5) is 12.5. The molecule has 0 amide bonds. The van der Waals surface area contributed by atoms with Gasteiger partial charge in [-0.3, -0.25) is 0 Å². The van der Waals surface area contributed by atoms with Crippen LogP contribution in [0, 0.1) is 6.92 Å². The molecule has 3 aromatic rings. The van der Waals surface area contributed by atoms with Gasteiger partial charge in [0, 0.05) is 23.9 Å². The monoisotopic (exact) mass is 344 g/mol. The van der Waals surface area contributed by atoms with E-state index in [4.69, 9.17) is 4.42 Å². The predicted octanol–water partition coefficient (Wildman–Crippen LogP) is 2.78. The number of nitrogens with one attached hydrogen (secondary N) is 1. The van der Waals surface area contributed by atoms with Crippen LogP contribution in [0.4, 0.5) is 5.88 Å². The fourth-order valence-electron chi connectivity index (χ4n) is 2.64. The second-order valence-electron chi connectivity index (χ2n) is 6.32. The summed E-state index contributed by atoms with van der Waals surface area (Å²) in [5.41, 5.74) is 1.26. The van der Waals surface area contributed by atoms with E-state index in [1.807, 2.05) is 0 Å². The molecule has 0 unspecified atom stereocenters. The molecule has 24 heavy (non-hydrogen) atoms. The third-order valence-corrected chi connectivity index (χ3v) is 5.65. The zero-order valence-corrected chi connectivity index (χ0v) is 14.1. The number of hydrogen-bond donors (Lipinski definition) is 1. The van der Waals surface area contributed by atoms with Crippen LogP contribution in [0.5, 0.6) is 0 Å². The Morgan fingerprint density at radius 2 is 2.08 bits per heavy atom. The molecule has 0 saturated heterocycles. The number of sulfonamides is 1. The number of fused-ring (bicyclic) bond motifs is 1. The lowest BCUT2D eigenvalue weighted by atomic mass is 10.1. The molecule has 0 aliphatic heterocycles. The second kappa shape index (κ2) is 5.01. The smallest absolute Gasteiger partial charge is 0.264 e. The Kier molecular flexibility index (Phi) is 3.14. The first-order chi connectivity index (χ1) is 11.4. The average molecular weight is 344 g/mol. The predicted molar refractivity (Wildman–Crippen MR) is 88.2 cm³/mol. The normalized spacial score (nSPS) is 16.2. The van der Waals surface area contributed by atoms with E-state index in [0.717, 1.165) is 12.8 Å². The van der Waals surface area contributed by atoms with Crippen molar-refractivity contribution in [2.75, 3.05) is 4.72 Å². The third kappa shape index (κ3) is 2.52. The Bertz CT molecular complexity index is 1040. The molecule has 1 aliphatic carbocycles. The molecule has 1 saturated carbocycles. The molecule has 1 N–H and O–H groups in total. The fourth-order valence-corrected chi connectivity index (χ4v) is 3.67. The first-order valence-corrected chi connectivity index (χ1v) is 9.06. The number of rotatable bonds is 4. The molecule has 1 fully saturated rings. The van der Waals surface area contributed by atoms with Crippen LogP contribution in [0.3, 0.4) is 0 Å². The number of aromatic nitrogens is 3. The van der Waals surface area contributed by atoms with Crippen LogP contribution in [-0.4, -0.2) is 23.4 Å². The molecule has 4 rings (SSSR count). The SMILES string of the molecule is Cc1nc(C2(C)CC2)c(NS(=O)(=O)c2ccc3ncncc3c2)o1. The Labute approximate surface area is 139 Å². The Morgan fingerprint density at radius 1 is 1.29 bits per heavy atom. The summed E-state index contributed by atoms with van der Waals surface area (Å²) in [5.74, 6) is 0.652. The highest BCUT2D eigenvalue weighted by Gasteiger charge is 2.44. The lowest BCUT2D eigenvalue weighted by Crippen LogP contribution is -2.15. The molecule has 2 aromatic heterocycles. The van der Waals surface area contributed by atoms with E-state index in [1.54, 1.807) is 25.3 Å². The van der Waals surface area contributed by atoms with E-state index in [1.165, 1.54) is 12.4 Å². The van der Waals surface area contributed by atoms with E-state index in [-0.39, 0.29) is 16.2 Å². The van der Waals surface area contributed by atoms with E-state index in [9.17, 15) is 8.42 Å². The van der Waals surface area contributed by atoms with E-state index < -0.39 is 10.0 Å². The summed E-state index contributed by atoms with van der Waals surface area (Å²) in [7, 11) is -3.79. The molecule has 7 nitrogen and oxygen atoms in total. The van der Waals surface area contributed by atoms with Gasteiger partial charge in [0.05, 0.1) is 10.4 Å². The van der Waals surface area contributed by atoms with Crippen molar-refractivity contribution in [1.82, 2.24) is 15.0 Å². The maximum absolute atomic E-state index is 12.7. The van der Waals surface area contributed by atoms with Crippen molar-refractivity contribution in [3.8, 4) is 0 Å². The maximum Gasteiger partial charge on any atom is 0.264 e. The summed E-state index contributed by atoms with van der Waals surface area (Å²) < 4.78 is 33.5. The zero-order chi connectivity index (χ0) is 16.9. The number of benzene rings is 1. The molecule has 0 spiro atoms. The molecule has 1 aromatic carbocycles. The van der Waals surface area contributed by atoms with E-state index in [2.05, 4.69) is 26.6 Å². The van der Waals surface area contributed by atoms with E-state index >= 15 is 0 Å². The van der Waals surface area contributed by atoms with Gasteiger partial charge in [0.2, 0.25) is 5.88 Å². The van der Waals surface area contributed by atoms with Crippen molar-refractivity contribution >= 4 is 26.8 Å². The van der Waals surface area contributed by atoms with Crippen LogP contribution in [0.1, 0.15) is 31.4 Å². The molecule has 2 heterocycles. The summed E-state index contributed by atoms with van der Waals surface area (Å²) in [6.45, 7) is 3.76. The minimum absolute atomic E-state index is 0.104. The summed E-state index contributed by atoms with van der Waals surface area (Å²) in [6.07, 6.45) is 4.95. The number of aryl methyl sites for hydroxylation is 1. The quantitative estimate of drug-likeness (QED) is 0.781. The summed E-state index contributed by atoms with van der Waals surface area (Å²) in [5, 5.41) is 0.656. The summed E-state index contributed by atoms with van der Waals surface area (Å²) in [6, 6.07) is 4.71. The van der Waals surface area contributed by atoms with Crippen molar-refractivity contribution < 1.29 is 12.8 Å². The van der Waals surface area contributed by atoms with Gasteiger partial charge in [-0.1, -0.05) is 6.92 Å². The lowest BCUT2D eigenvalue weighted by Gasteiger charge is -2.10. The van der Waals surface area contributed by atoms with Gasteiger partial charge in [-0.05, 0) is 31.0 Å². The van der Waals surface area contributed by atoms with Crippen LogP contribution in [0.2, 0.25) is 0 Å². The number of anilines is 1. The van der Waals surface area contributed by atoms with Gasteiger partial charge in [0.15, 0.2) is 5.89 Å². The van der Waals surface area contributed by atoms with Crippen LogP contribution in [0.15, 0.2) is 40.0 Å². The molecule has 124 valence electrons. The Hall–Kier alpha value is -2.48. The standard InChI is InChI=1S/C16H16N4O3S/c1-10-19-14(16(2)5-6-16)15(23-10)20-24(21,22)12-3-4-13-11(7-12)8-17-9-18-13/h3-4,7-9,20H,5-6H2,1-2H3. The van der Waals surface area contributed by atoms with Gasteiger partial charge in [-0.15, -0.1) is 0 Å². The van der Waals surface area contributed by atoms with Crippen LogP contribution in [0.25, 0.3) is 10.9 Å². The second-order valence-corrected chi connectivity index (χ2v) is 8.00. The number of hydrogen-bond acceptors (Lipinski definition) is 6. The topological polar surface area (TPSA) is 98.0 Å². The lowest BCUT2D eigenvalue weighted by molar-refractivity contribution is 0.534. The van der Waals surface area contributed by atoms with Crippen molar-refractivity contribution in [2.45, 2.75) is 37.0 Å². The summed E-state index contributed by atoms with van der Waals surface area (Å²) >= 11 is 0. The highest BCUT2D eigenvalue weighted by Crippen LogP contribution is 2.50. The largest absolute Gasteiger partial charge is 0.424 e. The highest BCUT2D eigenvalue weighted by molar-refractivity contribution is 7.92. The Balaban J connectivity index is 1.73. The fraction of sp³-hybridized carbons (Fsp3) is 0.312. The molecule has 1 aliphatic rings. The van der Waals surface area contributed by atoms with Gasteiger partial charge in [-0.25, -0.2) is 28.1 Å². The van der Waals surface area contributed by atoms with Gasteiger partial charge >= 0.3 is 0 Å². The molecular weight excluding hydrogens is 328 g/mol. The molecule has 0 radical (unpaired) electrons. The van der Waals surface area contributed by atoms with Gasteiger partial charge in [-0.2, -0.15) is 0 Å². The van der Waals surface area contributed by atoms with Crippen molar-refractivity contribution in [2.24, 2.45) is 0 Å². The van der Waals surface area contributed by atoms with Gasteiger partial charge < -0.3 is 4.42 Å². The first-order valence-electron chi connectivity index (χ1n) is 7.58. The van der Waals surface area contributed by atoms with Crippen molar-refractivity contribution in [3.05, 3.63) is 42.3 Å². The van der Waals surface area contributed by atoms with Gasteiger partial charge in [0.25, 0.3) is 10.0 Å². The maximum atomic E-state index is 12.7. The number of oxazole rings is 1. The van der Waals surface area contributed by atoms with Crippen LogP contribution >= 0.6 is 0 Å². The third-order valence-electron chi connectivity index (χ3n) is 4.32. The first kappa shape index (κ1) is 15.1. The molecule has 8 heteroatoms. The molecule has 0 atom stereocenters.